The topological polar surface area (TPSA) is 29.5 Å². The number of benzene rings is 2. The predicted octanol–water partition coefficient (Wildman–Crippen LogP) is 3.83. The Kier molecular flexibility index (Phi) is 4.88. The number of aliphatic hydroxyl groups is 1. The van der Waals surface area contributed by atoms with Crippen LogP contribution < -0.4 is 4.74 Å². The third kappa shape index (κ3) is 3.75. The number of thioether (sulfide) groups is 1. The van der Waals surface area contributed by atoms with Crippen LogP contribution >= 0.6 is 11.8 Å². The Morgan fingerprint density at radius 3 is 2.68 bits per heavy atom. The van der Waals surface area contributed by atoms with Crippen molar-refractivity contribution in [3.63, 3.8) is 0 Å². The van der Waals surface area contributed by atoms with Crippen molar-refractivity contribution in [2.75, 3.05) is 12.9 Å². The smallest absolute Gasteiger partial charge is 0.119 e. The minimum atomic E-state index is -0.486. The van der Waals surface area contributed by atoms with Crippen LogP contribution in [-0.2, 0) is 0 Å². The fourth-order valence-electron chi connectivity index (χ4n) is 1.83. The van der Waals surface area contributed by atoms with Gasteiger partial charge in [-0.1, -0.05) is 30.3 Å². The lowest BCUT2D eigenvalue weighted by Crippen LogP contribution is -2.01. The van der Waals surface area contributed by atoms with Gasteiger partial charge in [-0.2, -0.15) is 0 Å². The molecule has 2 rings (SSSR count). The second kappa shape index (κ2) is 6.64. The number of aliphatic hydroxyl groups excluding tert-OH is 1. The molecule has 1 atom stereocenters. The summed E-state index contributed by atoms with van der Waals surface area (Å²) in [5, 5.41) is 10.2. The van der Waals surface area contributed by atoms with E-state index in [1.54, 1.807) is 18.9 Å². The van der Waals surface area contributed by atoms with Gasteiger partial charge in [0.05, 0.1) is 13.2 Å². The molecule has 0 aliphatic carbocycles. The van der Waals surface area contributed by atoms with E-state index < -0.39 is 6.10 Å². The summed E-state index contributed by atoms with van der Waals surface area (Å²) in [7, 11) is 1.63. The average molecular weight is 274 g/mol. The number of hydrogen-bond donors (Lipinski definition) is 1. The van der Waals surface area contributed by atoms with E-state index in [1.807, 2.05) is 36.4 Å². The molecule has 0 saturated heterocycles. The molecule has 3 heteroatoms. The summed E-state index contributed by atoms with van der Waals surface area (Å²) in [6.45, 7) is 2.08. The molecule has 0 aliphatic rings. The Balaban J connectivity index is 2.01. The molecule has 0 aliphatic heterocycles. The van der Waals surface area contributed by atoms with Crippen LogP contribution in [0.3, 0.4) is 0 Å². The summed E-state index contributed by atoms with van der Waals surface area (Å²) in [4.78, 5) is 1.21. The third-order valence-electron chi connectivity index (χ3n) is 2.97. The Morgan fingerprint density at radius 1 is 1.16 bits per heavy atom. The zero-order valence-electron chi connectivity index (χ0n) is 11.2. The first kappa shape index (κ1) is 14.0. The van der Waals surface area contributed by atoms with Crippen molar-refractivity contribution in [1.82, 2.24) is 0 Å². The standard InChI is InChI=1S/C16H18O2S/c1-12-6-3-4-9-16(12)19-11-15(17)13-7-5-8-14(10-13)18-2/h3-10,15,17H,11H2,1-2H3. The number of hydrogen-bond acceptors (Lipinski definition) is 3. The van der Waals surface area contributed by atoms with Crippen molar-refractivity contribution in [3.05, 3.63) is 59.7 Å². The van der Waals surface area contributed by atoms with Gasteiger partial charge in [0.2, 0.25) is 0 Å². The molecule has 0 bridgehead atoms. The van der Waals surface area contributed by atoms with Crippen molar-refractivity contribution in [1.29, 1.82) is 0 Å². The molecule has 0 aromatic heterocycles. The number of aryl methyl sites for hydroxylation is 1. The summed E-state index contributed by atoms with van der Waals surface area (Å²) >= 11 is 1.67. The molecule has 0 fully saturated rings. The summed E-state index contributed by atoms with van der Waals surface area (Å²) in [5.41, 5.74) is 2.13. The lowest BCUT2D eigenvalue weighted by atomic mass is 10.1. The minimum absolute atomic E-state index is 0.486. The Labute approximate surface area is 118 Å². The Hall–Kier alpha value is -1.45. The van der Waals surface area contributed by atoms with Gasteiger partial charge in [-0.25, -0.2) is 0 Å². The van der Waals surface area contributed by atoms with Crippen LogP contribution in [0, 0.1) is 6.92 Å². The van der Waals surface area contributed by atoms with E-state index in [0.717, 1.165) is 11.3 Å². The highest BCUT2D eigenvalue weighted by atomic mass is 32.2. The van der Waals surface area contributed by atoms with Gasteiger partial charge in [-0.05, 0) is 36.2 Å². The van der Waals surface area contributed by atoms with Crippen LogP contribution in [0.15, 0.2) is 53.4 Å². The highest BCUT2D eigenvalue weighted by Crippen LogP contribution is 2.28. The third-order valence-corrected chi connectivity index (χ3v) is 4.22. The van der Waals surface area contributed by atoms with E-state index in [1.165, 1.54) is 10.5 Å². The summed E-state index contributed by atoms with van der Waals surface area (Å²) < 4.78 is 5.17. The monoisotopic (exact) mass is 274 g/mol. The molecule has 2 aromatic rings. The van der Waals surface area contributed by atoms with Gasteiger partial charge >= 0.3 is 0 Å². The molecule has 1 N–H and O–H groups in total. The maximum atomic E-state index is 10.2. The average Bonchev–Trinajstić information content (AvgIpc) is 2.46. The molecule has 2 aromatic carbocycles. The van der Waals surface area contributed by atoms with E-state index in [9.17, 15) is 5.11 Å². The van der Waals surface area contributed by atoms with Gasteiger partial charge < -0.3 is 9.84 Å². The van der Waals surface area contributed by atoms with Gasteiger partial charge in [0.25, 0.3) is 0 Å². The van der Waals surface area contributed by atoms with E-state index in [2.05, 4.69) is 19.1 Å². The van der Waals surface area contributed by atoms with Crippen LogP contribution in [0.5, 0.6) is 5.75 Å². The molecule has 0 heterocycles. The van der Waals surface area contributed by atoms with Crippen molar-refractivity contribution < 1.29 is 9.84 Å². The number of ether oxygens (including phenoxy) is 1. The molecule has 0 radical (unpaired) electrons. The second-order valence-corrected chi connectivity index (χ2v) is 5.43. The van der Waals surface area contributed by atoms with Crippen LogP contribution in [0.2, 0.25) is 0 Å². The second-order valence-electron chi connectivity index (χ2n) is 4.37. The van der Waals surface area contributed by atoms with Gasteiger partial charge in [0.15, 0.2) is 0 Å². The fourth-order valence-corrected chi connectivity index (χ4v) is 2.83. The summed E-state index contributed by atoms with van der Waals surface area (Å²) in [6.07, 6.45) is -0.486. The van der Waals surface area contributed by atoms with Gasteiger partial charge in [-0.3, -0.25) is 0 Å². The van der Waals surface area contributed by atoms with Crippen LogP contribution in [0.4, 0.5) is 0 Å². The Bertz CT molecular complexity index is 540. The molecule has 0 saturated carbocycles. The fraction of sp³-hybridized carbons (Fsp3) is 0.250. The zero-order valence-corrected chi connectivity index (χ0v) is 12.0. The van der Waals surface area contributed by atoms with E-state index in [0.29, 0.717) is 5.75 Å². The van der Waals surface area contributed by atoms with Crippen molar-refractivity contribution in [2.24, 2.45) is 0 Å². The first-order valence-corrected chi connectivity index (χ1v) is 7.19. The summed E-state index contributed by atoms with van der Waals surface area (Å²) in [5.74, 6) is 1.41. The maximum absolute atomic E-state index is 10.2. The van der Waals surface area contributed by atoms with E-state index in [-0.39, 0.29) is 0 Å². The van der Waals surface area contributed by atoms with Gasteiger partial charge in [0.1, 0.15) is 5.75 Å². The first-order chi connectivity index (χ1) is 9.20. The SMILES string of the molecule is COc1cccc(C(O)CSc2ccccc2C)c1. The number of rotatable bonds is 5. The molecule has 100 valence electrons. The van der Waals surface area contributed by atoms with Crippen LogP contribution in [0.1, 0.15) is 17.2 Å². The van der Waals surface area contributed by atoms with Crippen LogP contribution in [0.25, 0.3) is 0 Å². The lowest BCUT2D eigenvalue weighted by molar-refractivity contribution is 0.203. The van der Waals surface area contributed by atoms with Gasteiger partial charge in [-0.15, -0.1) is 11.8 Å². The Morgan fingerprint density at radius 2 is 1.95 bits per heavy atom. The highest BCUT2D eigenvalue weighted by Gasteiger charge is 2.09. The number of methoxy groups -OCH3 is 1. The lowest BCUT2D eigenvalue weighted by Gasteiger charge is -2.12. The molecule has 0 amide bonds. The minimum Gasteiger partial charge on any atom is -0.497 e. The zero-order chi connectivity index (χ0) is 13.7. The molecule has 19 heavy (non-hydrogen) atoms. The van der Waals surface area contributed by atoms with Crippen molar-refractivity contribution in [2.45, 2.75) is 17.9 Å². The van der Waals surface area contributed by atoms with Crippen molar-refractivity contribution >= 4 is 11.8 Å². The van der Waals surface area contributed by atoms with Gasteiger partial charge in [0, 0.05) is 10.6 Å². The largest absolute Gasteiger partial charge is 0.497 e. The molecule has 0 spiro atoms. The molecular formula is C16H18O2S. The predicted molar refractivity (Wildman–Crippen MR) is 79.9 cm³/mol. The molecular weight excluding hydrogens is 256 g/mol. The van der Waals surface area contributed by atoms with E-state index in [4.69, 9.17) is 4.74 Å². The first-order valence-electron chi connectivity index (χ1n) is 6.21. The van der Waals surface area contributed by atoms with Crippen LogP contribution in [-0.4, -0.2) is 18.0 Å². The normalized spacial score (nSPS) is 12.2. The highest BCUT2D eigenvalue weighted by molar-refractivity contribution is 7.99. The molecule has 2 nitrogen and oxygen atoms in total. The quantitative estimate of drug-likeness (QED) is 0.840. The van der Waals surface area contributed by atoms with E-state index >= 15 is 0 Å². The summed E-state index contributed by atoms with van der Waals surface area (Å²) in [6, 6.07) is 15.8. The van der Waals surface area contributed by atoms with Crippen molar-refractivity contribution in [3.8, 4) is 5.75 Å². The maximum Gasteiger partial charge on any atom is 0.119 e. The molecule has 1 unspecified atom stereocenters.